The van der Waals surface area contributed by atoms with Crippen LogP contribution >= 0.6 is 0 Å². The summed E-state index contributed by atoms with van der Waals surface area (Å²) in [6.45, 7) is 0.903. The molecule has 0 unspecified atom stereocenters. The standard InChI is InChI=1S/C15H19NO/c1-16-10-14-12(8-9-15(16)17)7-6-11-4-2-3-5-13(11)14/h2-5,12,14H,6-10H2,1H3/t12-,14+/m1/s1. The van der Waals surface area contributed by atoms with Crippen LogP contribution in [0.15, 0.2) is 24.3 Å². The van der Waals surface area contributed by atoms with E-state index in [0.29, 0.717) is 17.7 Å². The second-order valence-electron chi connectivity index (χ2n) is 5.42. The van der Waals surface area contributed by atoms with Crippen LogP contribution in [0.4, 0.5) is 0 Å². The lowest BCUT2D eigenvalue weighted by Crippen LogP contribution is -2.31. The van der Waals surface area contributed by atoms with Crippen LogP contribution in [0.3, 0.4) is 0 Å². The molecule has 0 bridgehead atoms. The summed E-state index contributed by atoms with van der Waals surface area (Å²) in [5.41, 5.74) is 2.99. The van der Waals surface area contributed by atoms with Crippen molar-refractivity contribution in [2.24, 2.45) is 5.92 Å². The average molecular weight is 229 g/mol. The molecule has 0 saturated carbocycles. The summed E-state index contributed by atoms with van der Waals surface area (Å²) in [6, 6.07) is 8.77. The van der Waals surface area contributed by atoms with Gasteiger partial charge in [-0.1, -0.05) is 24.3 Å². The molecule has 1 aromatic rings. The fraction of sp³-hybridized carbons (Fsp3) is 0.533. The fourth-order valence-corrected chi connectivity index (χ4v) is 3.41. The number of hydrogen-bond donors (Lipinski definition) is 0. The zero-order valence-corrected chi connectivity index (χ0v) is 10.4. The number of benzene rings is 1. The molecule has 1 heterocycles. The largest absolute Gasteiger partial charge is 0.345 e. The van der Waals surface area contributed by atoms with Crippen molar-refractivity contribution in [3.05, 3.63) is 35.4 Å². The quantitative estimate of drug-likeness (QED) is 0.669. The number of fused-ring (bicyclic) bond motifs is 3. The van der Waals surface area contributed by atoms with E-state index >= 15 is 0 Å². The summed E-state index contributed by atoms with van der Waals surface area (Å²) < 4.78 is 0. The Labute approximate surface area is 103 Å². The van der Waals surface area contributed by atoms with Crippen LogP contribution in [0, 0.1) is 5.92 Å². The van der Waals surface area contributed by atoms with Gasteiger partial charge in [-0.3, -0.25) is 4.79 Å². The first kappa shape index (κ1) is 10.8. The molecular formula is C15H19NO. The lowest BCUT2D eigenvalue weighted by Gasteiger charge is -2.33. The summed E-state index contributed by atoms with van der Waals surface area (Å²) in [5.74, 6) is 1.59. The van der Waals surface area contributed by atoms with Crippen molar-refractivity contribution in [2.75, 3.05) is 13.6 Å². The molecule has 1 aromatic carbocycles. The van der Waals surface area contributed by atoms with E-state index in [9.17, 15) is 4.79 Å². The van der Waals surface area contributed by atoms with E-state index in [4.69, 9.17) is 0 Å². The van der Waals surface area contributed by atoms with Gasteiger partial charge in [0.2, 0.25) is 5.91 Å². The van der Waals surface area contributed by atoms with E-state index in [1.165, 1.54) is 24.0 Å². The molecule has 1 fully saturated rings. The van der Waals surface area contributed by atoms with Crippen LogP contribution in [0.2, 0.25) is 0 Å². The minimum absolute atomic E-state index is 0.317. The van der Waals surface area contributed by atoms with E-state index in [1.807, 2.05) is 11.9 Å². The Hall–Kier alpha value is -1.31. The molecule has 1 aliphatic heterocycles. The van der Waals surface area contributed by atoms with Crippen LogP contribution < -0.4 is 0 Å². The van der Waals surface area contributed by atoms with Crippen LogP contribution in [0.25, 0.3) is 0 Å². The minimum Gasteiger partial charge on any atom is -0.345 e. The summed E-state index contributed by atoms with van der Waals surface area (Å²) in [5, 5.41) is 0. The van der Waals surface area contributed by atoms with Crippen molar-refractivity contribution in [3.8, 4) is 0 Å². The van der Waals surface area contributed by atoms with Gasteiger partial charge in [0, 0.05) is 25.9 Å². The zero-order chi connectivity index (χ0) is 11.8. The Morgan fingerprint density at radius 3 is 2.82 bits per heavy atom. The number of likely N-dealkylation sites (N-methyl/N-ethyl adjacent to an activating group) is 1. The first-order chi connectivity index (χ1) is 8.25. The number of aryl methyl sites for hydroxylation is 1. The minimum atomic E-state index is 0.317. The van der Waals surface area contributed by atoms with E-state index in [-0.39, 0.29) is 0 Å². The van der Waals surface area contributed by atoms with Crippen molar-refractivity contribution < 1.29 is 4.79 Å². The summed E-state index contributed by atoms with van der Waals surface area (Å²) >= 11 is 0. The summed E-state index contributed by atoms with van der Waals surface area (Å²) in [7, 11) is 1.95. The molecule has 1 aliphatic carbocycles. The Kier molecular flexibility index (Phi) is 2.65. The Balaban J connectivity index is 1.97. The second-order valence-corrected chi connectivity index (χ2v) is 5.42. The first-order valence-corrected chi connectivity index (χ1v) is 6.57. The number of carbonyl (C=O) groups is 1. The maximum atomic E-state index is 11.8. The molecule has 0 N–H and O–H groups in total. The van der Waals surface area contributed by atoms with Gasteiger partial charge in [0.25, 0.3) is 0 Å². The molecule has 0 aromatic heterocycles. The van der Waals surface area contributed by atoms with Gasteiger partial charge in [0.15, 0.2) is 0 Å². The molecule has 2 aliphatic rings. The molecule has 1 amide bonds. The third-order valence-electron chi connectivity index (χ3n) is 4.43. The Morgan fingerprint density at radius 1 is 1.18 bits per heavy atom. The highest BCUT2D eigenvalue weighted by Gasteiger charge is 2.33. The molecule has 17 heavy (non-hydrogen) atoms. The molecule has 2 heteroatoms. The van der Waals surface area contributed by atoms with E-state index < -0.39 is 0 Å². The number of nitrogens with zero attached hydrogens (tertiary/aromatic N) is 1. The van der Waals surface area contributed by atoms with Gasteiger partial charge in [-0.15, -0.1) is 0 Å². The predicted octanol–water partition coefficient (Wildman–Crippen LogP) is 2.58. The molecule has 1 saturated heterocycles. The van der Waals surface area contributed by atoms with Crippen molar-refractivity contribution in [1.29, 1.82) is 0 Å². The van der Waals surface area contributed by atoms with Crippen molar-refractivity contribution in [2.45, 2.75) is 31.6 Å². The Bertz CT molecular complexity index is 440. The predicted molar refractivity (Wildman–Crippen MR) is 67.9 cm³/mol. The third-order valence-corrected chi connectivity index (χ3v) is 4.43. The highest BCUT2D eigenvalue weighted by atomic mass is 16.2. The molecule has 2 atom stereocenters. The summed E-state index contributed by atoms with van der Waals surface area (Å²) in [4.78, 5) is 13.7. The van der Waals surface area contributed by atoms with Gasteiger partial charge in [-0.2, -0.15) is 0 Å². The molecule has 0 radical (unpaired) electrons. The van der Waals surface area contributed by atoms with E-state index in [2.05, 4.69) is 24.3 Å². The Morgan fingerprint density at radius 2 is 1.94 bits per heavy atom. The van der Waals surface area contributed by atoms with Gasteiger partial charge in [-0.25, -0.2) is 0 Å². The zero-order valence-electron chi connectivity index (χ0n) is 10.4. The maximum absolute atomic E-state index is 11.8. The highest BCUT2D eigenvalue weighted by molar-refractivity contribution is 5.76. The lowest BCUT2D eigenvalue weighted by molar-refractivity contribution is -0.129. The lowest BCUT2D eigenvalue weighted by atomic mass is 9.74. The summed E-state index contributed by atoms with van der Waals surface area (Å²) in [6.07, 6.45) is 4.25. The SMILES string of the molecule is CN1C[C@@H]2c3ccccc3CC[C@@H]2CCC1=O. The van der Waals surface area contributed by atoms with Crippen LogP contribution in [-0.4, -0.2) is 24.4 Å². The number of likely N-dealkylation sites (tertiary alicyclic amines) is 1. The monoisotopic (exact) mass is 229 g/mol. The number of rotatable bonds is 0. The van der Waals surface area contributed by atoms with Crippen LogP contribution in [0.1, 0.15) is 36.3 Å². The van der Waals surface area contributed by atoms with E-state index in [0.717, 1.165) is 19.4 Å². The molecule has 2 nitrogen and oxygen atoms in total. The number of hydrogen-bond acceptors (Lipinski definition) is 1. The van der Waals surface area contributed by atoms with Gasteiger partial charge < -0.3 is 4.90 Å². The maximum Gasteiger partial charge on any atom is 0.222 e. The average Bonchev–Trinajstić information content (AvgIpc) is 2.50. The van der Waals surface area contributed by atoms with Crippen molar-refractivity contribution in [3.63, 3.8) is 0 Å². The fourth-order valence-electron chi connectivity index (χ4n) is 3.41. The first-order valence-electron chi connectivity index (χ1n) is 6.57. The smallest absolute Gasteiger partial charge is 0.222 e. The van der Waals surface area contributed by atoms with Crippen molar-refractivity contribution in [1.82, 2.24) is 4.90 Å². The molecule has 0 spiro atoms. The van der Waals surface area contributed by atoms with Crippen LogP contribution in [0.5, 0.6) is 0 Å². The van der Waals surface area contributed by atoms with Gasteiger partial charge in [0.05, 0.1) is 0 Å². The topological polar surface area (TPSA) is 20.3 Å². The number of amides is 1. The normalized spacial score (nSPS) is 28.3. The van der Waals surface area contributed by atoms with Gasteiger partial charge in [-0.05, 0) is 36.3 Å². The third kappa shape index (κ3) is 1.86. The van der Waals surface area contributed by atoms with Crippen molar-refractivity contribution >= 4 is 5.91 Å². The van der Waals surface area contributed by atoms with Gasteiger partial charge >= 0.3 is 0 Å². The highest BCUT2D eigenvalue weighted by Crippen LogP contribution is 2.40. The second kappa shape index (κ2) is 4.17. The molecule has 90 valence electrons. The number of carbonyl (C=O) groups excluding carboxylic acids is 1. The molecule has 3 rings (SSSR count). The van der Waals surface area contributed by atoms with Crippen LogP contribution in [-0.2, 0) is 11.2 Å². The van der Waals surface area contributed by atoms with E-state index in [1.54, 1.807) is 0 Å². The molecular weight excluding hydrogens is 210 g/mol. The van der Waals surface area contributed by atoms with Gasteiger partial charge in [0.1, 0.15) is 0 Å².